The third kappa shape index (κ3) is 3.71. The summed E-state index contributed by atoms with van der Waals surface area (Å²) in [6.45, 7) is 1.18. The molecule has 4 heterocycles. The largest absolute Gasteiger partial charge is 0.733 e. The van der Waals surface area contributed by atoms with Gasteiger partial charge < -0.3 is 29.8 Å². The quantitative estimate of drug-likeness (QED) is 0.405. The molecule has 2 N–H and O–H groups in total. The molecule has 2 aliphatic heterocycles. The predicted molar refractivity (Wildman–Crippen MR) is 132 cm³/mol. The number of aromatic amines is 1. The summed E-state index contributed by atoms with van der Waals surface area (Å²) in [6, 6.07) is 13.2. The molecule has 2 aromatic carbocycles. The van der Waals surface area contributed by atoms with Crippen LogP contribution in [0.2, 0.25) is 0 Å². The van der Waals surface area contributed by atoms with Gasteiger partial charge in [0.25, 0.3) is 0 Å². The van der Waals surface area contributed by atoms with Crippen LogP contribution in [0.3, 0.4) is 0 Å². The molecule has 2 aliphatic rings. The number of imidazole rings is 1. The van der Waals surface area contributed by atoms with Crippen LogP contribution in [0, 0.1) is 5.21 Å². The number of hydrogen-bond donors (Lipinski definition) is 2. The maximum absolute atomic E-state index is 13.7. The molecule has 184 valence electrons. The van der Waals surface area contributed by atoms with Gasteiger partial charge in [0, 0.05) is 48.5 Å². The van der Waals surface area contributed by atoms with Crippen LogP contribution in [0.4, 0.5) is 5.69 Å². The zero-order valence-corrected chi connectivity index (χ0v) is 19.4. The summed E-state index contributed by atoms with van der Waals surface area (Å²) in [4.78, 5) is 38.1. The van der Waals surface area contributed by atoms with Gasteiger partial charge in [-0.15, -0.1) is 0 Å². The third-order valence-electron chi connectivity index (χ3n) is 7.15. The van der Waals surface area contributed by atoms with E-state index in [9.17, 15) is 20.0 Å². The van der Waals surface area contributed by atoms with Crippen LogP contribution in [0.5, 0.6) is 0 Å². The van der Waals surface area contributed by atoms with Crippen molar-refractivity contribution in [3.8, 4) is 0 Å². The number of H-pyrrole nitrogens is 1. The highest BCUT2D eigenvalue weighted by Crippen LogP contribution is 2.43. The Balaban J connectivity index is 1.38. The van der Waals surface area contributed by atoms with Crippen LogP contribution in [-0.4, -0.2) is 60.5 Å². The monoisotopic (exact) mass is 485 g/mol. The zero-order valence-electron chi connectivity index (χ0n) is 19.4. The SMILES string of the molecule is O=C1[C@@H]2Cc3c([nH]c4ccccc34)C(c3cccc(N([O-])O)c3)N2C(=O)CN1CCCn1ccnc1. The first-order valence-electron chi connectivity index (χ1n) is 11.9. The fourth-order valence-corrected chi connectivity index (χ4v) is 5.54. The maximum Gasteiger partial charge on any atom is 0.246 e. The van der Waals surface area contributed by atoms with Crippen molar-refractivity contribution >= 4 is 28.4 Å². The Kier molecular flexibility index (Phi) is 5.46. The van der Waals surface area contributed by atoms with Crippen LogP contribution in [0.1, 0.15) is 29.3 Å². The van der Waals surface area contributed by atoms with Gasteiger partial charge in [0.1, 0.15) is 6.04 Å². The third-order valence-corrected chi connectivity index (χ3v) is 7.15. The van der Waals surface area contributed by atoms with Crippen molar-refractivity contribution in [3.05, 3.63) is 89.3 Å². The first-order chi connectivity index (χ1) is 17.5. The van der Waals surface area contributed by atoms with Gasteiger partial charge in [-0.2, -0.15) is 0 Å². The summed E-state index contributed by atoms with van der Waals surface area (Å²) in [6.07, 6.45) is 6.44. The van der Waals surface area contributed by atoms with Crippen molar-refractivity contribution < 1.29 is 14.8 Å². The van der Waals surface area contributed by atoms with E-state index in [1.54, 1.807) is 34.5 Å². The summed E-state index contributed by atoms with van der Waals surface area (Å²) in [5.74, 6) is -0.227. The van der Waals surface area contributed by atoms with E-state index >= 15 is 0 Å². The molecule has 2 aromatic heterocycles. The van der Waals surface area contributed by atoms with Gasteiger partial charge in [-0.1, -0.05) is 30.3 Å². The van der Waals surface area contributed by atoms with Crippen LogP contribution in [0.15, 0.2) is 67.3 Å². The molecule has 4 aromatic rings. The van der Waals surface area contributed by atoms with Crippen molar-refractivity contribution in [2.24, 2.45) is 0 Å². The van der Waals surface area contributed by atoms with Crippen LogP contribution >= 0.6 is 0 Å². The lowest BCUT2D eigenvalue weighted by molar-refractivity contribution is -0.158. The first kappa shape index (κ1) is 22.3. The number of rotatable bonds is 6. The van der Waals surface area contributed by atoms with E-state index in [1.165, 1.54) is 6.07 Å². The van der Waals surface area contributed by atoms with E-state index in [4.69, 9.17) is 0 Å². The summed E-state index contributed by atoms with van der Waals surface area (Å²) >= 11 is 0. The number of para-hydroxylation sites is 1. The lowest BCUT2D eigenvalue weighted by Gasteiger charge is -2.47. The Hall–Kier alpha value is -4.15. The number of aryl methyl sites for hydroxylation is 1. The molecule has 0 bridgehead atoms. The van der Waals surface area contributed by atoms with Gasteiger partial charge >= 0.3 is 0 Å². The highest BCUT2D eigenvalue weighted by Gasteiger charge is 2.48. The minimum Gasteiger partial charge on any atom is -0.733 e. The number of carbonyl (C=O) groups excluding carboxylic acids is 2. The summed E-state index contributed by atoms with van der Waals surface area (Å²) in [5.41, 5.74) is 3.45. The Bertz CT molecular complexity index is 1430. The number of hydrogen-bond acceptors (Lipinski definition) is 6. The minimum atomic E-state index is -0.655. The van der Waals surface area contributed by atoms with E-state index < -0.39 is 12.1 Å². The Morgan fingerprint density at radius 2 is 2.00 bits per heavy atom. The van der Waals surface area contributed by atoms with Crippen LogP contribution in [-0.2, 0) is 22.6 Å². The molecule has 2 atom stereocenters. The lowest BCUT2D eigenvalue weighted by atomic mass is 9.86. The number of nitrogens with one attached hydrogen (secondary N) is 1. The summed E-state index contributed by atoms with van der Waals surface area (Å²) in [7, 11) is 0. The van der Waals surface area contributed by atoms with Crippen molar-refractivity contribution in [1.82, 2.24) is 24.3 Å². The molecule has 10 heteroatoms. The molecule has 0 radical (unpaired) electrons. The molecule has 0 aliphatic carbocycles. The first-order valence-corrected chi connectivity index (χ1v) is 11.9. The Labute approximate surface area is 206 Å². The zero-order chi connectivity index (χ0) is 24.8. The van der Waals surface area contributed by atoms with E-state index in [1.807, 2.05) is 41.1 Å². The van der Waals surface area contributed by atoms with Crippen molar-refractivity contribution in [2.75, 3.05) is 18.3 Å². The number of piperazine rings is 1. The van der Waals surface area contributed by atoms with Gasteiger partial charge in [-0.3, -0.25) is 14.8 Å². The molecule has 1 fully saturated rings. The number of amides is 2. The van der Waals surface area contributed by atoms with Gasteiger partial charge in [0.05, 0.1) is 24.6 Å². The van der Waals surface area contributed by atoms with Crippen LogP contribution < -0.4 is 5.23 Å². The fraction of sp³-hybridized carbons (Fsp3) is 0.269. The standard InChI is InChI=1S/C26H25N6O4/c33-23-15-30(11-4-10-29-12-9-27-16-29)26(34)22-14-20-19-7-1-2-8-21(19)28-24(20)25(31(22)23)17-5-3-6-18(13-17)32(35)36/h1-3,5-9,12-13,16,22,25,28,35H,4,10-11,14-15H2/q-1/t22-,25?/m0/s1. The van der Waals surface area contributed by atoms with Crippen molar-refractivity contribution in [2.45, 2.75) is 31.5 Å². The van der Waals surface area contributed by atoms with Gasteiger partial charge in [-0.05, 0) is 35.7 Å². The van der Waals surface area contributed by atoms with Crippen LogP contribution in [0.25, 0.3) is 10.9 Å². The number of aromatic nitrogens is 3. The highest BCUT2D eigenvalue weighted by molar-refractivity contribution is 5.97. The molecule has 36 heavy (non-hydrogen) atoms. The normalized spacial score (nSPS) is 19.5. The second-order valence-corrected chi connectivity index (χ2v) is 9.27. The van der Waals surface area contributed by atoms with Gasteiger partial charge in [0.2, 0.25) is 11.8 Å². The number of carbonyl (C=O) groups is 2. The number of fused-ring (bicyclic) bond motifs is 4. The maximum atomic E-state index is 13.7. The van der Waals surface area contributed by atoms with E-state index in [0.29, 0.717) is 31.5 Å². The Morgan fingerprint density at radius 1 is 1.14 bits per heavy atom. The van der Waals surface area contributed by atoms with Gasteiger partial charge in [0.15, 0.2) is 0 Å². The molecule has 0 saturated carbocycles. The molecule has 1 saturated heterocycles. The topological polar surface area (TPSA) is 121 Å². The Morgan fingerprint density at radius 3 is 2.81 bits per heavy atom. The van der Waals surface area contributed by atoms with E-state index in [2.05, 4.69) is 9.97 Å². The van der Waals surface area contributed by atoms with E-state index in [0.717, 1.165) is 22.2 Å². The number of nitrogens with zero attached hydrogens (tertiary/aromatic N) is 5. The summed E-state index contributed by atoms with van der Waals surface area (Å²) in [5, 5.41) is 21.9. The number of anilines is 1. The average molecular weight is 486 g/mol. The molecule has 2 amide bonds. The second-order valence-electron chi connectivity index (χ2n) is 9.27. The van der Waals surface area contributed by atoms with Crippen molar-refractivity contribution in [3.63, 3.8) is 0 Å². The van der Waals surface area contributed by atoms with E-state index in [-0.39, 0.29) is 29.3 Å². The second kappa shape index (κ2) is 8.81. The predicted octanol–water partition coefficient (Wildman–Crippen LogP) is 2.83. The number of benzene rings is 2. The minimum absolute atomic E-state index is 0.00129. The van der Waals surface area contributed by atoms with Crippen molar-refractivity contribution in [1.29, 1.82) is 0 Å². The molecule has 6 rings (SSSR count). The molecule has 10 nitrogen and oxygen atoms in total. The average Bonchev–Trinajstić information content (AvgIpc) is 3.53. The lowest BCUT2D eigenvalue weighted by Crippen LogP contribution is -2.63. The van der Waals surface area contributed by atoms with Gasteiger partial charge in [-0.25, -0.2) is 4.98 Å². The molecule has 1 unspecified atom stereocenters. The highest BCUT2D eigenvalue weighted by atomic mass is 16.8. The molecule has 0 spiro atoms. The molecular weight excluding hydrogens is 460 g/mol. The smallest absolute Gasteiger partial charge is 0.246 e. The summed E-state index contributed by atoms with van der Waals surface area (Å²) < 4.78 is 1.95. The molecular formula is C26H25N6O4-. The fourth-order valence-electron chi connectivity index (χ4n) is 5.54.